The summed E-state index contributed by atoms with van der Waals surface area (Å²) in [6, 6.07) is 20.6. The zero-order valence-electron chi connectivity index (χ0n) is 23.0. The highest BCUT2D eigenvalue weighted by molar-refractivity contribution is 7.98. The Hall–Kier alpha value is -4.44. The molecule has 0 bridgehead atoms. The Morgan fingerprint density at radius 3 is 2.45 bits per heavy atom. The van der Waals surface area contributed by atoms with Crippen LogP contribution in [0, 0.1) is 6.92 Å². The van der Waals surface area contributed by atoms with Crippen LogP contribution in [0.1, 0.15) is 29.7 Å². The molecule has 1 aliphatic rings. The first-order valence-corrected chi connectivity index (χ1v) is 13.7. The number of aryl methyl sites for hydroxylation is 1. The Morgan fingerprint density at radius 1 is 0.975 bits per heavy atom. The molecule has 0 radical (unpaired) electrons. The monoisotopic (exact) mass is 557 g/mol. The lowest BCUT2D eigenvalue weighted by atomic mass is 9.94. The van der Waals surface area contributed by atoms with Crippen molar-refractivity contribution < 1.29 is 19.0 Å². The molecule has 2 heterocycles. The van der Waals surface area contributed by atoms with Gasteiger partial charge in [-0.3, -0.25) is 4.79 Å². The van der Waals surface area contributed by atoms with Crippen LogP contribution in [-0.4, -0.2) is 42.0 Å². The summed E-state index contributed by atoms with van der Waals surface area (Å²) < 4.78 is 18.0. The van der Waals surface area contributed by atoms with Gasteiger partial charge in [-0.25, -0.2) is 4.68 Å². The van der Waals surface area contributed by atoms with Gasteiger partial charge in [-0.1, -0.05) is 47.7 Å². The third kappa shape index (κ3) is 5.62. The lowest BCUT2D eigenvalue weighted by Gasteiger charge is -2.29. The molecule has 0 spiro atoms. The molecule has 5 rings (SSSR count). The van der Waals surface area contributed by atoms with Crippen molar-refractivity contribution in [2.24, 2.45) is 0 Å². The van der Waals surface area contributed by atoms with Crippen LogP contribution in [0.3, 0.4) is 0 Å². The molecule has 1 aliphatic heterocycles. The number of nitrogens with one attached hydrogen (secondary N) is 2. The summed E-state index contributed by atoms with van der Waals surface area (Å²) >= 11 is 1.54. The van der Waals surface area contributed by atoms with E-state index in [4.69, 9.17) is 24.3 Å². The number of fused-ring (bicyclic) bond motifs is 1. The number of thioether (sulfide) groups is 1. The summed E-state index contributed by atoms with van der Waals surface area (Å²) in [5.74, 6) is 2.89. The largest absolute Gasteiger partial charge is 0.497 e. The van der Waals surface area contributed by atoms with Crippen LogP contribution >= 0.6 is 11.8 Å². The number of hydrogen-bond acceptors (Lipinski definition) is 8. The van der Waals surface area contributed by atoms with Crippen molar-refractivity contribution in [2.75, 3.05) is 32.0 Å². The first-order chi connectivity index (χ1) is 19.4. The molecule has 40 heavy (non-hydrogen) atoms. The summed E-state index contributed by atoms with van der Waals surface area (Å²) in [6.07, 6.45) is 0. The van der Waals surface area contributed by atoms with Gasteiger partial charge in [0.15, 0.2) is 11.5 Å². The number of amides is 1. The lowest BCUT2D eigenvalue weighted by molar-refractivity contribution is -0.113. The van der Waals surface area contributed by atoms with E-state index in [2.05, 4.69) is 35.8 Å². The Balaban J connectivity index is 1.51. The van der Waals surface area contributed by atoms with Crippen molar-refractivity contribution in [1.82, 2.24) is 14.8 Å². The molecule has 3 aromatic carbocycles. The van der Waals surface area contributed by atoms with Crippen molar-refractivity contribution >= 4 is 29.3 Å². The first kappa shape index (κ1) is 27.1. The van der Waals surface area contributed by atoms with Gasteiger partial charge in [-0.05, 0) is 61.4 Å². The summed E-state index contributed by atoms with van der Waals surface area (Å²) in [4.78, 5) is 18.5. The molecule has 10 heteroatoms. The Labute approximate surface area is 237 Å². The van der Waals surface area contributed by atoms with Gasteiger partial charge in [0, 0.05) is 17.1 Å². The minimum atomic E-state index is -0.560. The number of ether oxygens (including phenoxy) is 3. The van der Waals surface area contributed by atoms with Crippen LogP contribution in [0.5, 0.6) is 17.2 Å². The summed E-state index contributed by atoms with van der Waals surface area (Å²) in [6.45, 7) is 3.95. The van der Waals surface area contributed by atoms with E-state index >= 15 is 0 Å². The lowest BCUT2D eigenvalue weighted by Crippen LogP contribution is -2.31. The second-order valence-electron chi connectivity index (χ2n) is 9.30. The molecule has 9 nitrogen and oxygen atoms in total. The molecule has 1 atom stereocenters. The van der Waals surface area contributed by atoms with Crippen LogP contribution in [0.2, 0.25) is 0 Å². The van der Waals surface area contributed by atoms with Gasteiger partial charge in [-0.2, -0.15) is 4.98 Å². The minimum Gasteiger partial charge on any atom is -0.497 e. The van der Waals surface area contributed by atoms with Gasteiger partial charge in [0.2, 0.25) is 11.1 Å². The highest BCUT2D eigenvalue weighted by Crippen LogP contribution is 2.40. The molecule has 0 saturated heterocycles. The second-order valence-corrected chi connectivity index (χ2v) is 10.2. The fourth-order valence-electron chi connectivity index (χ4n) is 4.64. The third-order valence-corrected chi connectivity index (χ3v) is 7.51. The number of allylic oxidation sites excluding steroid dienone is 1. The molecule has 1 amide bonds. The number of hydrogen-bond donors (Lipinski definition) is 2. The van der Waals surface area contributed by atoms with E-state index in [-0.39, 0.29) is 5.91 Å². The number of benzene rings is 3. The smallest absolute Gasteiger partial charge is 0.255 e. The predicted molar refractivity (Wildman–Crippen MR) is 156 cm³/mol. The van der Waals surface area contributed by atoms with Crippen LogP contribution in [0.25, 0.3) is 0 Å². The van der Waals surface area contributed by atoms with E-state index < -0.39 is 6.04 Å². The Kier molecular flexibility index (Phi) is 7.97. The molecule has 2 N–H and O–H groups in total. The average molecular weight is 558 g/mol. The third-order valence-electron chi connectivity index (χ3n) is 6.60. The van der Waals surface area contributed by atoms with E-state index in [0.717, 1.165) is 11.3 Å². The highest BCUT2D eigenvalue weighted by atomic mass is 32.2. The molecule has 0 aliphatic carbocycles. The normalized spacial score (nSPS) is 14.3. The molecule has 1 aromatic heterocycles. The SMILES string of the molecule is COc1ccc(NC(=O)C2=C(C)Nc3nc(SCc4cccc(C)c4)nn3C2c2ccc(OC)c(OC)c2)cc1. The second kappa shape index (κ2) is 11.7. The molecule has 0 fully saturated rings. The number of rotatable bonds is 9. The van der Waals surface area contributed by atoms with Crippen molar-refractivity contribution in [3.8, 4) is 17.2 Å². The van der Waals surface area contributed by atoms with Crippen LogP contribution < -0.4 is 24.8 Å². The highest BCUT2D eigenvalue weighted by Gasteiger charge is 2.35. The molecule has 206 valence electrons. The standard InChI is InChI=1S/C30H31N5O4S/c1-18-7-6-8-20(15-18)17-40-30-33-29-31-19(2)26(28(36)32-22-10-12-23(37-3)13-11-22)27(35(29)34-30)21-9-14-24(38-4)25(16-21)39-5/h6-16,27H,17H2,1-5H3,(H,32,36)(H,31,33,34). The van der Waals surface area contributed by atoms with Gasteiger partial charge in [-0.15, -0.1) is 5.10 Å². The number of anilines is 2. The maximum absolute atomic E-state index is 13.8. The molecule has 1 unspecified atom stereocenters. The van der Waals surface area contributed by atoms with Crippen LogP contribution in [0.15, 0.2) is 83.2 Å². The van der Waals surface area contributed by atoms with Gasteiger partial charge in [0.1, 0.15) is 11.8 Å². The number of nitrogens with zero attached hydrogens (tertiary/aromatic N) is 3. The van der Waals surface area contributed by atoms with E-state index in [1.54, 1.807) is 62.0 Å². The maximum atomic E-state index is 13.8. The summed E-state index contributed by atoms with van der Waals surface area (Å²) in [5.41, 5.74) is 5.04. The van der Waals surface area contributed by atoms with Gasteiger partial charge in [0.05, 0.1) is 26.9 Å². The number of aromatic nitrogens is 3. The van der Waals surface area contributed by atoms with Crippen molar-refractivity contribution in [2.45, 2.75) is 30.8 Å². The topological polar surface area (TPSA) is 99.5 Å². The van der Waals surface area contributed by atoms with E-state index in [9.17, 15) is 4.79 Å². The van der Waals surface area contributed by atoms with Crippen molar-refractivity contribution in [1.29, 1.82) is 0 Å². The summed E-state index contributed by atoms with van der Waals surface area (Å²) in [7, 11) is 4.78. The van der Waals surface area contributed by atoms with Crippen LogP contribution in [0.4, 0.5) is 11.6 Å². The zero-order valence-corrected chi connectivity index (χ0v) is 23.8. The van der Waals surface area contributed by atoms with E-state index in [0.29, 0.717) is 45.3 Å². The molecule has 4 aromatic rings. The summed E-state index contributed by atoms with van der Waals surface area (Å²) in [5, 5.41) is 11.8. The van der Waals surface area contributed by atoms with E-state index in [1.165, 1.54) is 11.1 Å². The number of methoxy groups -OCH3 is 3. The fourth-order valence-corrected chi connectivity index (χ4v) is 5.41. The maximum Gasteiger partial charge on any atom is 0.255 e. The Morgan fingerprint density at radius 2 is 1.75 bits per heavy atom. The molecular formula is C30H31N5O4S. The predicted octanol–water partition coefficient (Wildman–Crippen LogP) is 5.83. The quantitative estimate of drug-likeness (QED) is 0.248. The zero-order chi connectivity index (χ0) is 28.2. The van der Waals surface area contributed by atoms with Gasteiger partial charge in [0.25, 0.3) is 5.91 Å². The van der Waals surface area contributed by atoms with Crippen molar-refractivity contribution in [3.63, 3.8) is 0 Å². The average Bonchev–Trinajstić information content (AvgIpc) is 3.37. The Bertz CT molecular complexity index is 1560. The van der Waals surface area contributed by atoms with Gasteiger partial charge >= 0.3 is 0 Å². The van der Waals surface area contributed by atoms with Crippen molar-refractivity contribution in [3.05, 3.63) is 94.7 Å². The first-order valence-electron chi connectivity index (χ1n) is 12.7. The van der Waals surface area contributed by atoms with Crippen LogP contribution in [-0.2, 0) is 10.5 Å². The molecular weight excluding hydrogens is 526 g/mol. The number of carbonyl (C=O) groups excluding carboxylic acids is 1. The number of carbonyl (C=O) groups is 1. The van der Waals surface area contributed by atoms with E-state index in [1.807, 2.05) is 31.2 Å². The fraction of sp³-hybridized carbons (Fsp3) is 0.233. The molecule has 0 saturated carbocycles. The minimum absolute atomic E-state index is 0.259. The van der Waals surface area contributed by atoms with Gasteiger partial charge < -0.3 is 24.8 Å².